The van der Waals surface area contributed by atoms with E-state index in [9.17, 15) is 8.42 Å². The SMILES string of the molecule is CS(=O)(=O)O.SCS. The zero-order valence-corrected chi connectivity index (χ0v) is 6.88. The Bertz CT molecular complexity index is 106. The fraction of sp³-hybridized carbons (Fsp3) is 1.00. The van der Waals surface area contributed by atoms with Crippen LogP contribution in [-0.2, 0) is 10.1 Å². The molecule has 6 heteroatoms. The van der Waals surface area contributed by atoms with Crippen LogP contribution in [0.4, 0.5) is 0 Å². The molecule has 0 atom stereocenters. The summed E-state index contributed by atoms with van der Waals surface area (Å²) in [4.78, 5) is 0. The molecule has 0 saturated carbocycles. The maximum Gasteiger partial charge on any atom is 0.261 e. The van der Waals surface area contributed by atoms with E-state index in [4.69, 9.17) is 4.55 Å². The Morgan fingerprint density at radius 1 is 1.50 bits per heavy atom. The van der Waals surface area contributed by atoms with Gasteiger partial charge in [0.25, 0.3) is 10.1 Å². The van der Waals surface area contributed by atoms with Crippen molar-refractivity contribution in [2.45, 2.75) is 0 Å². The third-order valence-electron chi connectivity index (χ3n) is 0. The van der Waals surface area contributed by atoms with Crippen LogP contribution in [0.1, 0.15) is 0 Å². The van der Waals surface area contributed by atoms with Crippen LogP contribution in [0.3, 0.4) is 0 Å². The van der Waals surface area contributed by atoms with Gasteiger partial charge in [0.05, 0.1) is 6.26 Å². The van der Waals surface area contributed by atoms with Gasteiger partial charge in [0.2, 0.25) is 0 Å². The molecule has 52 valence electrons. The molecule has 0 bridgehead atoms. The van der Waals surface area contributed by atoms with Crippen molar-refractivity contribution in [2.24, 2.45) is 0 Å². The molecule has 0 heterocycles. The quantitative estimate of drug-likeness (QED) is 0.283. The number of hydrogen-bond acceptors (Lipinski definition) is 4. The van der Waals surface area contributed by atoms with E-state index in [0.717, 1.165) is 0 Å². The topological polar surface area (TPSA) is 54.4 Å². The molecule has 0 rings (SSSR count). The Hall–Kier alpha value is 0.610. The Balaban J connectivity index is 0. The standard InChI is InChI=1S/CH4O3S.CH4S2/c1-5(2,3)4;2-1-3/h1H3,(H,2,3,4);2-3H,1H2. The van der Waals surface area contributed by atoms with Gasteiger partial charge in [-0.25, -0.2) is 0 Å². The van der Waals surface area contributed by atoms with Crippen LogP contribution in [0.15, 0.2) is 0 Å². The van der Waals surface area contributed by atoms with Crippen LogP contribution >= 0.6 is 25.3 Å². The van der Waals surface area contributed by atoms with E-state index in [0.29, 0.717) is 11.3 Å². The summed E-state index contributed by atoms with van der Waals surface area (Å²) in [6.07, 6.45) is 0.715. The number of hydrogen-bond donors (Lipinski definition) is 3. The largest absolute Gasteiger partial charge is 0.286 e. The van der Waals surface area contributed by atoms with Crippen molar-refractivity contribution in [2.75, 3.05) is 11.3 Å². The molecule has 0 aliphatic rings. The monoisotopic (exact) mass is 176 g/mol. The van der Waals surface area contributed by atoms with E-state index in [1.807, 2.05) is 0 Å². The van der Waals surface area contributed by atoms with Crippen molar-refractivity contribution in [3.63, 3.8) is 0 Å². The minimum Gasteiger partial charge on any atom is -0.286 e. The molecule has 8 heavy (non-hydrogen) atoms. The molecule has 0 aromatic heterocycles. The molecule has 3 nitrogen and oxygen atoms in total. The van der Waals surface area contributed by atoms with Crippen LogP contribution in [0.2, 0.25) is 0 Å². The molecule has 0 aliphatic carbocycles. The Morgan fingerprint density at radius 2 is 1.50 bits per heavy atom. The smallest absolute Gasteiger partial charge is 0.261 e. The zero-order valence-electron chi connectivity index (χ0n) is 4.27. The van der Waals surface area contributed by atoms with Crippen LogP contribution in [0.5, 0.6) is 0 Å². The van der Waals surface area contributed by atoms with Gasteiger partial charge in [-0.1, -0.05) is 0 Å². The summed E-state index contributed by atoms with van der Waals surface area (Å²) in [5.41, 5.74) is 0. The lowest BCUT2D eigenvalue weighted by Gasteiger charge is -1.69. The molecule has 0 aromatic carbocycles. The van der Waals surface area contributed by atoms with E-state index in [2.05, 4.69) is 25.3 Å². The molecular weight excluding hydrogens is 168 g/mol. The second kappa shape index (κ2) is 5.74. The highest BCUT2D eigenvalue weighted by Gasteiger charge is 1.81. The van der Waals surface area contributed by atoms with Gasteiger partial charge in [0.1, 0.15) is 0 Å². The summed E-state index contributed by atoms with van der Waals surface area (Å²) < 4.78 is 25.9. The maximum atomic E-state index is 9.19. The van der Waals surface area contributed by atoms with Crippen molar-refractivity contribution in [1.29, 1.82) is 0 Å². The summed E-state index contributed by atoms with van der Waals surface area (Å²) in [5, 5.41) is 0.639. The average Bonchev–Trinajstić information content (AvgIpc) is 1.27. The summed E-state index contributed by atoms with van der Waals surface area (Å²) >= 11 is 7.31. The van der Waals surface area contributed by atoms with Gasteiger partial charge in [-0.2, -0.15) is 33.7 Å². The second-order valence-electron chi connectivity index (χ2n) is 0.874. The highest BCUT2D eigenvalue weighted by molar-refractivity contribution is 7.98. The average molecular weight is 176 g/mol. The first-order valence-electron chi connectivity index (χ1n) is 1.56. The van der Waals surface area contributed by atoms with E-state index in [1.54, 1.807) is 0 Å². The molecule has 0 saturated heterocycles. The first-order chi connectivity index (χ1) is 3.41. The molecule has 0 aliphatic heterocycles. The van der Waals surface area contributed by atoms with Crippen molar-refractivity contribution in [3.05, 3.63) is 0 Å². The van der Waals surface area contributed by atoms with Crippen LogP contribution in [-0.4, -0.2) is 24.3 Å². The fourth-order valence-electron chi connectivity index (χ4n) is 0. The first kappa shape index (κ1) is 11.4. The molecule has 0 fully saturated rings. The minimum atomic E-state index is -3.67. The van der Waals surface area contributed by atoms with E-state index in [-0.39, 0.29) is 0 Å². The van der Waals surface area contributed by atoms with Gasteiger partial charge in [0.15, 0.2) is 0 Å². The highest BCUT2D eigenvalue weighted by Crippen LogP contribution is 1.70. The zero-order chi connectivity index (χ0) is 7.21. The van der Waals surface area contributed by atoms with Gasteiger partial charge < -0.3 is 0 Å². The third-order valence-corrected chi connectivity index (χ3v) is 0. The Kier molecular flexibility index (Phi) is 8.19. The first-order valence-corrected chi connectivity index (χ1v) is 4.67. The van der Waals surface area contributed by atoms with E-state index in [1.165, 1.54) is 0 Å². The lowest BCUT2D eigenvalue weighted by Crippen LogP contribution is -1.88. The molecule has 0 spiro atoms. The summed E-state index contributed by atoms with van der Waals surface area (Å²) in [6.45, 7) is 0. The maximum absolute atomic E-state index is 9.19. The minimum absolute atomic E-state index is 0.639. The predicted molar refractivity (Wildman–Crippen MR) is 40.3 cm³/mol. The van der Waals surface area contributed by atoms with Crippen LogP contribution in [0.25, 0.3) is 0 Å². The third kappa shape index (κ3) is 559. The van der Waals surface area contributed by atoms with Crippen molar-refractivity contribution < 1.29 is 13.0 Å². The van der Waals surface area contributed by atoms with Crippen LogP contribution in [0, 0.1) is 0 Å². The van der Waals surface area contributed by atoms with E-state index >= 15 is 0 Å². The van der Waals surface area contributed by atoms with Crippen molar-refractivity contribution in [1.82, 2.24) is 0 Å². The Labute approximate surface area is 60.0 Å². The molecule has 1 N–H and O–H groups in total. The molecule has 0 radical (unpaired) electrons. The van der Waals surface area contributed by atoms with Crippen molar-refractivity contribution >= 4 is 35.4 Å². The fourth-order valence-corrected chi connectivity index (χ4v) is 0. The van der Waals surface area contributed by atoms with Gasteiger partial charge in [-0.15, -0.1) is 0 Å². The summed E-state index contributed by atoms with van der Waals surface area (Å²) in [7, 11) is -3.67. The number of thiol groups is 2. The van der Waals surface area contributed by atoms with Crippen molar-refractivity contribution in [3.8, 4) is 0 Å². The van der Waals surface area contributed by atoms with E-state index < -0.39 is 10.1 Å². The summed E-state index contributed by atoms with van der Waals surface area (Å²) in [6, 6.07) is 0. The Morgan fingerprint density at radius 3 is 1.50 bits per heavy atom. The molecule has 0 amide bonds. The predicted octanol–water partition coefficient (Wildman–Crippen LogP) is 0.308. The molecule has 0 aromatic rings. The summed E-state index contributed by atoms with van der Waals surface area (Å²) in [5.74, 6) is 0. The van der Waals surface area contributed by atoms with Gasteiger partial charge in [0, 0.05) is 5.08 Å². The lowest BCUT2D eigenvalue weighted by atomic mass is 11.9. The van der Waals surface area contributed by atoms with Gasteiger partial charge >= 0.3 is 0 Å². The normalized spacial score (nSPS) is 9.50. The lowest BCUT2D eigenvalue weighted by molar-refractivity contribution is 0.490. The van der Waals surface area contributed by atoms with Gasteiger partial charge in [-0.3, -0.25) is 4.55 Å². The van der Waals surface area contributed by atoms with Crippen LogP contribution < -0.4 is 0 Å². The van der Waals surface area contributed by atoms with Gasteiger partial charge in [-0.05, 0) is 0 Å². The molecular formula is C2H8O3S3. The highest BCUT2D eigenvalue weighted by atomic mass is 32.2. The second-order valence-corrected chi connectivity index (χ2v) is 3.47. The molecule has 0 unspecified atom stereocenters. The number of rotatable bonds is 0.